The molecule has 0 radical (unpaired) electrons. The third kappa shape index (κ3) is 4.00. The molecule has 1 heterocycles. The van der Waals surface area contributed by atoms with Crippen molar-refractivity contribution in [2.24, 2.45) is 11.8 Å². The monoisotopic (exact) mass is 321 g/mol. The van der Waals surface area contributed by atoms with Crippen LogP contribution in [-0.4, -0.2) is 35.5 Å². The molecule has 2 aliphatic carbocycles. The number of nitrogens with one attached hydrogen (secondary N) is 1. The van der Waals surface area contributed by atoms with Crippen molar-refractivity contribution in [3.63, 3.8) is 0 Å². The molecular weight excluding hydrogens is 294 g/mol. The molecule has 2 amide bonds. The van der Waals surface area contributed by atoms with E-state index in [4.69, 9.17) is 0 Å². The largest absolute Gasteiger partial charge is 0.335 e. The van der Waals surface area contributed by atoms with Gasteiger partial charge in [0.25, 0.3) is 0 Å². The molecule has 3 atom stereocenters. The quantitative estimate of drug-likeness (QED) is 0.895. The summed E-state index contributed by atoms with van der Waals surface area (Å²) >= 11 is 1.66. The molecule has 1 N–H and O–H groups in total. The highest BCUT2D eigenvalue weighted by atomic mass is 32.1. The minimum Gasteiger partial charge on any atom is -0.335 e. The lowest BCUT2D eigenvalue weighted by Crippen LogP contribution is -2.46. The summed E-state index contributed by atoms with van der Waals surface area (Å²) in [4.78, 5) is 18.6. The van der Waals surface area contributed by atoms with E-state index in [1.165, 1.54) is 32.1 Å². The van der Waals surface area contributed by atoms with Gasteiger partial charge in [-0.2, -0.15) is 0 Å². The van der Waals surface area contributed by atoms with Crippen LogP contribution < -0.4 is 5.32 Å². The summed E-state index contributed by atoms with van der Waals surface area (Å²) in [5, 5.41) is 6.35. The van der Waals surface area contributed by atoms with Crippen molar-refractivity contribution in [1.82, 2.24) is 15.2 Å². The summed E-state index contributed by atoms with van der Waals surface area (Å²) in [6.07, 6.45) is 9.63. The van der Waals surface area contributed by atoms with Gasteiger partial charge in [0.2, 0.25) is 0 Å². The normalized spacial score (nSPS) is 26.5. The van der Waals surface area contributed by atoms with Gasteiger partial charge in [-0.25, -0.2) is 9.78 Å². The van der Waals surface area contributed by atoms with Gasteiger partial charge in [-0.05, 0) is 37.5 Å². The van der Waals surface area contributed by atoms with Crippen molar-refractivity contribution in [3.05, 3.63) is 16.6 Å². The summed E-state index contributed by atoms with van der Waals surface area (Å²) in [6, 6.07) is 0.453. The maximum atomic E-state index is 12.4. The van der Waals surface area contributed by atoms with Gasteiger partial charge in [0.05, 0.1) is 5.01 Å². The molecule has 0 aromatic carbocycles. The summed E-state index contributed by atoms with van der Waals surface area (Å²) in [6.45, 7) is 2.85. The zero-order valence-electron chi connectivity index (χ0n) is 13.6. The van der Waals surface area contributed by atoms with Crippen molar-refractivity contribution >= 4 is 17.4 Å². The molecule has 5 heteroatoms. The van der Waals surface area contributed by atoms with Crippen LogP contribution >= 0.6 is 11.3 Å². The van der Waals surface area contributed by atoms with Crippen LogP contribution in [0.1, 0.15) is 56.4 Å². The van der Waals surface area contributed by atoms with Crippen LogP contribution in [0.4, 0.5) is 4.79 Å². The minimum absolute atomic E-state index is 0.0739. The maximum absolute atomic E-state index is 12.4. The number of rotatable bonds is 5. The van der Waals surface area contributed by atoms with E-state index in [-0.39, 0.29) is 6.03 Å². The summed E-state index contributed by atoms with van der Waals surface area (Å²) < 4.78 is 0. The van der Waals surface area contributed by atoms with Gasteiger partial charge in [-0.3, -0.25) is 0 Å². The molecule has 22 heavy (non-hydrogen) atoms. The van der Waals surface area contributed by atoms with E-state index in [1.54, 1.807) is 11.3 Å². The van der Waals surface area contributed by atoms with Crippen molar-refractivity contribution in [2.75, 3.05) is 13.6 Å². The number of aromatic nitrogens is 1. The molecule has 1 aromatic heterocycles. The van der Waals surface area contributed by atoms with E-state index in [0.717, 1.165) is 29.8 Å². The standard InChI is InChI=1S/C17H27N3OS/c1-12(16-18-8-9-22-16)11-20(2)17(21)19-15-5-3-4-14(10-15)13-6-7-13/h8-9,12-15H,3-7,10-11H2,1-2H3,(H,19,21). The third-order valence-corrected chi connectivity index (χ3v) is 6.11. The maximum Gasteiger partial charge on any atom is 0.317 e. The molecule has 0 spiro atoms. The number of carbonyl (C=O) groups excluding carboxylic acids is 1. The number of thiazole rings is 1. The number of hydrogen-bond donors (Lipinski definition) is 1. The predicted octanol–water partition coefficient (Wildman–Crippen LogP) is 3.86. The van der Waals surface area contributed by atoms with E-state index in [2.05, 4.69) is 17.2 Å². The van der Waals surface area contributed by atoms with Crippen LogP contribution in [0.5, 0.6) is 0 Å². The molecular formula is C17H27N3OS. The molecule has 4 nitrogen and oxygen atoms in total. The Morgan fingerprint density at radius 1 is 1.41 bits per heavy atom. The van der Waals surface area contributed by atoms with Gasteiger partial charge in [0.15, 0.2) is 0 Å². The second-order valence-corrected chi connectivity index (χ2v) is 7.99. The highest BCUT2D eigenvalue weighted by Gasteiger charge is 2.35. The van der Waals surface area contributed by atoms with E-state index in [0.29, 0.717) is 12.0 Å². The van der Waals surface area contributed by atoms with Gasteiger partial charge in [0.1, 0.15) is 0 Å². The molecule has 3 unspecified atom stereocenters. The zero-order valence-corrected chi connectivity index (χ0v) is 14.4. The Hall–Kier alpha value is -1.10. The fourth-order valence-corrected chi connectivity index (χ4v) is 4.38. The number of carbonyl (C=O) groups is 1. The van der Waals surface area contributed by atoms with Crippen LogP contribution in [0.15, 0.2) is 11.6 Å². The molecule has 2 aliphatic rings. The van der Waals surface area contributed by atoms with Gasteiger partial charge in [-0.15, -0.1) is 11.3 Å². The Balaban J connectivity index is 1.46. The fraction of sp³-hybridized carbons (Fsp3) is 0.765. The highest BCUT2D eigenvalue weighted by Crippen LogP contribution is 2.43. The number of hydrogen-bond acceptors (Lipinski definition) is 3. The van der Waals surface area contributed by atoms with Crippen molar-refractivity contribution in [3.8, 4) is 0 Å². The SMILES string of the molecule is CC(CN(C)C(=O)NC1CCCC(C2CC2)C1)c1nccs1. The Bertz CT molecular complexity index is 486. The second-order valence-electron chi connectivity index (χ2n) is 7.06. The third-order valence-electron chi connectivity index (χ3n) is 5.10. The molecule has 0 saturated heterocycles. The first-order chi connectivity index (χ1) is 10.6. The van der Waals surface area contributed by atoms with E-state index < -0.39 is 0 Å². The summed E-state index contributed by atoms with van der Waals surface area (Å²) in [5.74, 6) is 2.11. The molecule has 122 valence electrons. The highest BCUT2D eigenvalue weighted by molar-refractivity contribution is 7.09. The van der Waals surface area contributed by atoms with Gasteiger partial charge in [-0.1, -0.05) is 19.8 Å². The molecule has 2 fully saturated rings. The van der Waals surface area contributed by atoms with Gasteiger partial charge < -0.3 is 10.2 Å². The topological polar surface area (TPSA) is 45.2 Å². The first-order valence-electron chi connectivity index (χ1n) is 8.54. The van der Waals surface area contributed by atoms with Crippen LogP contribution in [0.3, 0.4) is 0 Å². The fourth-order valence-electron chi connectivity index (χ4n) is 3.69. The Kier molecular flexibility index (Phi) is 5.01. The lowest BCUT2D eigenvalue weighted by molar-refractivity contribution is 0.191. The number of likely N-dealkylation sites (N-methyl/N-ethyl adjacent to an activating group) is 1. The Labute approximate surface area is 137 Å². The number of urea groups is 1. The van der Waals surface area contributed by atoms with Gasteiger partial charge in [0, 0.05) is 37.1 Å². The summed E-state index contributed by atoms with van der Waals surface area (Å²) in [7, 11) is 1.89. The average Bonchev–Trinajstić information content (AvgIpc) is 3.22. The molecule has 0 aliphatic heterocycles. The average molecular weight is 321 g/mol. The smallest absolute Gasteiger partial charge is 0.317 e. The van der Waals surface area contributed by atoms with E-state index in [1.807, 2.05) is 23.5 Å². The zero-order chi connectivity index (χ0) is 15.5. The van der Waals surface area contributed by atoms with Crippen molar-refractivity contribution in [1.29, 1.82) is 0 Å². The Morgan fingerprint density at radius 2 is 2.23 bits per heavy atom. The minimum atomic E-state index is 0.0739. The van der Waals surface area contributed by atoms with Crippen LogP contribution in [0, 0.1) is 11.8 Å². The predicted molar refractivity (Wildman–Crippen MR) is 90.2 cm³/mol. The van der Waals surface area contributed by atoms with Gasteiger partial charge >= 0.3 is 6.03 Å². The first-order valence-corrected chi connectivity index (χ1v) is 9.42. The molecule has 0 bridgehead atoms. The second kappa shape index (κ2) is 6.99. The molecule has 2 saturated carbocycles. The van der Waals surface area contributed by atoms with E-state index in [9.17, 15) is 4.79 Å². The first kappa shape index (κ1) is 15.8. The molecule has 3 rings (SSSR count). The van der Waals surface area contributed by atoms with Crippen LogP contribution in [-0.2, 0) is 0 Å². The van der Waals surface area contributed by atoms with Crippen molar-refractivity contribution < 1.29 is 4.79 Å². The lowest BCUT2D eigenvalue weighted by atomic mass is 9.83. The Morgan fingerprint density at radius 3 is 2.91 bits per heavy atom. The van der Waals surface area contributed by atoms with Crippen LogP contribution in [0.2, 0.25) is 0 Å². The van der Waals surface area contributed by atoms with Crippen LogP contribution in [0.25, 0.3) is 0 Å². The van der Waals surface area contributed by atoms with E-state index >= 15 is 0 Å². The summed E-state index contributed by atoms with van der Waals surface area (Å²) in [5.41, 5.74) is 0. The number of amides is 2. The number of nitrogens with zero attached hydrogens (tertiary/aromatic N) is 2. The lowest BCUT2D eigenvalue weighted by Gasteiger charge is -2.31. The van der Waals surface area contributed by atoms with Crippen molar-refractivity contribution in [2.45, 2.75) is 57.4 Å². The molecule has 1 aromatic rings.